The number of rotatable bonds is 2. The zero-order valence-electron chi connectivity index (χ0n) is 12.0. The average molecular weight is 307 g/mol. The normalized spacial score (nSPS) is 21.3. The molecule has 0 saturated carbocycles. The summed E-state index contributed by atoms with van der Waals surface area (Å²) < 4.78 is 45.1. The van der Waals surface area contributed by atoms with Crippen LogP contribution in [0, 0.1) is 0 Å². The summed E-state index contributed by atoms with van der Waals surface area (Å²) in [6.45, 7) is 0. The number of methoxy groups -OCH3 is 1. The second-order valence-corrected chi connectivity index (χ2v) is 5.37. The van der Waals surface area contributed by atoms with Crippen LogP contribution in [0.5, 0.6) is 5.75 Å². The highest BCUT2D eigenvalue weighted by atomic mass is 19.4. The Labute approximate surface area is 126 Å². The van der Waals surface area contributed by atoms with Crippen LogP contribution in [0.2, 0.25) is 0 Å². The zero-order valence-corrected chi connectivity index (χ0v) is 12.0. The van der Waals surface area contributed by atoms with E-state index in [9.17, 15) is 13.2 Å². The van der Waals surface area contributed by atoms with Crippen LogP contribution in [-0.2, 0) is 6.42 Å². The van der Waals surface area contributed by atoms with Crippen LogP contribution in [0.1, 0.15) is 28.8 Å². The van der Waals surface area contributed by atoms with Crippen molar-refractivity contribution in [1.29, 1.82) is 0 Å². The molecule has 2 aromatic rings. The molecule has 22 heavy (non-hydrogen) atoms. The molecular formula is C17H16F3NO. The van der Waals surface area contributed by atoms with Crippen molar-refractivity contribution in [2.24, 2.45) is 0 Å². The number of fused-ring (bicyclic) bond motifs is 1. The Morgan fingerprint density at radius 2 is 1.73 bits per heavy atom. The van der Waals surface area contributed by atoms with Gasteiger partial charge in [-0.25, -0.2) is 0 Å². The molecule has 1 N–H and O–H groups in total. The summed E-state index contributed by atoms with van der Waals surface area (Å²) in [5.41, 5.74) is 1.88. The summed E-state index contributed by atoms with van der Waals surface area (Å²) in [6.07, 6.45) is -3.78. The van der Waals surface area contributed by atoms with Crippen molar-refractivity contribution in [3.05, 3.63) is 65.2 Å². The van der Waals surface area contributed by atoms with Gasteiger partial charge in [0.1, 0.15) is 11.8 Å². The number of alkyl halides is 3. The van der Waals surface area contributed by atoms with Crippen LogP contribution in [0.25, 0.3) is 0 Å². The smallest absolute Gasteiger partial charge is 0.407 e. The maximum atomic E-state index is 13.3. The number of halogens is 3. The van der Waals surface area contributed by atoms with E-state index in [1.807, 2.05) is 0 Å². The van der Waals surface area contributed by atoms with E-state index in [1.54, 1.807) is 55.6 Å². The highest BCUT2D eigenvalue weighted by molar-refractivity contribution is 5.38. The molecule has 1 heterocycles. The molecule has 0 aliphatic carbocycles. The van der Waals surface area contributed by atoms with Gasteiger partial charge in [-0.3, -0.25) is 5.32 Å². The van der Waals surface area contributed by atoms with Crippen LogP contribution in [0.15, 0.2) is 48.5 Å². The predicted octanol–water partition coefficient (Wildman–Crippen LogP) is 4.19. The van der Waals surface area contributed by atoms with E-state index in [0.29, 0.717) is 17.7 Å². The average Bonchev–Trinajstić information content (AvgIpc) is 2.53. The van der Waals surface area contributed by atoms with Gasteiger partial charge in [-0.1, -0.05) is 36.4 Å². The molecule has 2 nitrogen and oxygen atoms in total. The van der Waals surface area contributed by atoms with Gasteiger partial charge < -0.3 is 4.74 Å². The van der Waals surface area contributed by atoms with Gasteiger partial charge in [0, 0.05) is 6.04 Å². The van der Waals surface area contributed by atoms with E-state index in [-0.39, 0.29) is 6.04 Å². The summed E-state index contributed by atoms with van der Waals surface area (Å²) in [6, 6.07) is 11.9. The van der Waals surface area contributed by atoms with Crippen molar-refractivity contribution in [2.75, 3.05) is 7.11 Å². The van der Waals surface area contributed by atoms with Crippen molar-refractivity contribution in [1.82, 2.24) is 5.32 Å². The highest BCUT2D eigenvalue weighted by Crippen LogP contribution is 2.41. The fourth-order valence-corrected chi connectivity index (χ4v) is 2.89. The van der Waals surface area contributed by atoms with Gasteiger partial charge in [-0.05, 0) is 35.2 Å². The SMILES string of the molecule is COc1ccc([C@H]2Cc3ccccc3[C@H](C(F)(F)F)N2)cc1. The second kappa shape index (κ2) is 5.65. The minimum Gasteiger partial charge on any atom is -0.497 e. The fourth-order valence-electron chi connectivity index (χ4n) is 2.89. The van der Waals surface area contributed by atoms with Crippen LogP contribution in [-0.4, -0.2) is 13.3 Å². The van der Waals surface area contributed by atoms with Gasteiger partial charge in [0.25, 0.3) is 0 Å². The lowest BCUT2D eigenvalue weighted by molar-refractivity contribution is -0.161. The first-order chi connectivity index (χ1) is 10.5. The Hall–Kier alpha value is -2.01. The first-order valence-electron chi connectivity index (χ1n) is 7.03. The molecule has 0 spiro atoms. The van der Waals surface area contributed by atoms with Crippen LogP contribution in [0.3, 0.4) is 0 Å². The molecule has 2 atom stereocenters. The Morgan fingerprint density at radius 3 is 2.36 bits per heavy atom. The third kappa shape index (κ3) is 2.81. The third-order valence-electron chi connectivity index (χ3n) is 4.00. The van der Waals surface area contributed by atoms with Crippen molar-refractivity contribution in [2.45, 2.75) is 24.7 Å². The number of benzene rings is 2. The van der Waals surface area contributed by atoms with Crippen molar-refractivity contribution >= 4 is 0 Å². The lowest BCUT2D eigenvalue weighted by Gasteiger charge is -2.34. The highest BCUT2D eigenvalue weighted by Gasteiger charge is 2.45. The van der Waals surface area contributed by atoms with Gasteiger partial charge in [-0.2, -0.15) is 13.2 Å². The van der Waals surface area contributed by atoms with E-state index < -0.39 is 12.2 Å². The number of ether oxygens (including phenoxy) is 1. The monoisotopic (exact) mass is 307 g/mol. The molecule has 3 rings (SSSR count). The van der Waals surface area contributed by atoms with Crippen molar-refractivity contribution < 1.29 is 17.9 Å². The first-order valence-corrected chi connectivity index (χ1v) is 7.03. The molecule has 1 aliphatic rings. The molecule has 116 valence electrons. The topological polar surface area (TPSA) is 21.3 Å². The van der Waals surface area contributed by atoms with E-state index >= 15 is 0 Å². The minimum absolute atomic E-state index is 0.319. The van der Waals surface area contributed by atoms with Gasteiger partial charge in [0.05, 0.1) is 7.11 Å². The van der Waals surface area contributed by atoms with E-state index in [4.69, 9.17) is 4.74 Å². The van der Waals surface area contributed by atoms with Crippen LogP contribution in [0.4, 0.5) is 13.2 Å². The van der Waals surface area contributed by atoms with Gasteiger partial charge in [0.15, 0.2) is 0 Å². The molecular weight excluding hydrogens is 291 g/mol. The number of hydrogen-bond donors (Lipinski definition) is 1. The van der Waals surface area contributed by atoms with Crippen molar-refractivity contribution in [3.63, 3.8) is 0 Å². The molecule has 0 amide bonds. The Balaban J connectivity index is 1.95. The van der Waals surface area contributed by atoms with Crippen LogP contribution < -0.4 is 10.1 Å². The minimum atomic E-state index is -4.32. The molecule has 1 aliphatic heterocycles. The fraction of sp³-hybridized carbons (Fsp3) is 0.294. The van der Waals surface area contributed by atoms with Crippen LogP contribution >= 0.6 is 0 Å². The van der Waals surface area contributed by atoms with Gasteiger partial charge >= 0.3 is 6.18 Å². The quantitative estimate of drug-likeness (QED) is 0.898. The molecule has 0 fully saturated rings. The molecule has 0 unspecified atom stereocenters. The number of hydrogen-bond acceptors (Lipinski definition) is 2. The summed E-state index contributed by atoms with van der Waals surface area (Å²) in [5, 5.41) is 2.74. The second-order valence-electron chi connectivity index (χ2n) is 5.37. The van der Waals surface area contributed by atoms with E-state index in [1.165, 1.54) is 0 Å². The Bertz CT molecular complexity index is 652. The summed E-state index contributed by atoms with van der Waals surface area (Å²) in [7, 11) is 1.56. The molecule has 0 saturated heterocycles. The Kier molecular flexibility index (Phi) is 3.83. The van der Waals surface area contributed by atoms with Gasteiger partial charge in [-0.15, -0.1) is 0 Å². The first kappa shape index (κ1) is 14.9. The summed E-state index contributed by atoms with van der Waals surface area (Å²) >= 11 is 0. The lowest BCUT2D eigenvalue weighted by Crippen LogP contribution is -2.41. The molecule has 0 bridgehead atoms. The van der Waals surface area contributed by atoms with Crippen molar-refractivity contribution in [3.8, 4) is 5.75 Å². The maximum absolute atomic E-state index is 13.3. The van der Waals surface area contributed by atoms with E-state index in [2.05, 4.69) is 5.32 Å². The summed E-state index contributed by atoms with van der Waals surface area (Å²) in [4.78, 5) is 0. The third-order valence-corrected chi connectivity index (χ3v) is 4.00. The molecule has 5 heteroatoms. The summed E-state index contributed by atoms with van der Waals surface area (Å²) in [5.74, 6) is 0.687. The lowest BCUT2D eigenvalue weighted by atomic mass is 9.87. The molecule has 2 aromatic carbocycles. The number of nitrogens with one attached hydrogen (secondary N) is 1. The largest absolute Gasteiger partial charge is 0.497 e. The molecule has 0 radical (unpaired) electrons. The maximum Gasteiger partial charge on any atom is 0.407 e. The predicted molar refractivity (Wildman–Crippen MR) is 77.8 cm³/mol. The van der Waals surface area contributed by atoms with Gasteiger partial charge in [0.2, 0.25) is 0 Å². The van der Waals surface area contributed by atoms with E-state index in [0.717, 1.165) is 11.1 Å². The zero-order chi connectivity index (χ0) is 15.7. The molecule has 0 aromatic heterocycles. The Morgan fingerprint density at radius 1 is 1.05 bits per heavy atom. The standard InChI is InChI=1S/C17H16F3NO/c1-22-13-8-6-11(7-9-13)15-10-12-4-2-3-5-14(12)16(21-15)17(18,19)20/h2-9,15-16,21H,10H2,1H3/t15-,16-/m1/s1.